The van der Waals surface area contributed by atoms with Crippen LogP contribution in [0.25, 0.3) is 0 Å². The Hall–Kier alpha value is -0.300. The summed E-state index contributed by atoms with van der Waals surface area (Å²) in [6, 6.07) is 0. The van der Waals surface area contributed by atoms with Crippen LogP contribution in [0.5, 0.6) is 0 Å². The highest BCUT2D eigenvalue weighted by atomic mass is 16.3. The van der Waals surface area contributed by atoms with Crippen LogP contribution in [-0.2, 0) is 0 Å². The summed E-state index contributed by atoms with van der Waals surface area (Å²) in [4.78, 5) is 0. The van der Waals surface area contributed by atoms with Crippen molar-refractivity contribution in [3.63, 3.8) is 0 Å². The van der Waals surface area contributed by atoms with Crippen molar-refractivity contribution in [1.29, 1.82) is 0 Å². The van der Waals surface area contributed by atoms with Gasteiger partial charge in [0.05, 0.1) is 6.10 Å². The van der Waals surface area contributed by atoms with E-state index in [-0.39, 0.29) is 11.5 Å². The van der Waals surface area contributed by atoms with Crippen LogP contribution in [0.1, 0.15) is 106 Å². The molecule has 5 unspecified atom stereocenters. The zero-order valence-corrected chi connectivity index (χ0v) is 20.1. The molecule has 0 aromatic heterocycles. The standard InChI is InChI=1S/C28H46O/c1-25(2)14-11-18-7-9-21-19(20(18)17-25)8-10-23-27(21,5)15-12-22-26(3,4)24(29)13-16-28(22,23)6/h8,18,20-24,29H,7,9-17H2,1-6H3/t18?,20?,21?,22?,23?,24-,27-,28-/m0/s1. The smallest absolute Gasteiger partial charge is 0.0594 e. The van der Waals surface area contributed by atoms with Crippen molar-refractivity contribution in [2.45, 2.75) is 112 Å². The molecule has 0 heterocycles. The Kier molecular flexibility index (Phi) is 4.52. The molecule has 4 fully saturated rings. The number of hydrogen-bond donors (Lipinski definition) is 1. The summed E-state index contributed by atoms with van der Waals surface area (Å²) in [5, 5.41) is 10.8. The van der Waals surface area contributed by atoms with E-state index in [0.29, 0.717) is 22.2 Å². The van der Waals surface area contributed by atoms with E-state index in [1.807, 2.05) is 5.57 Å². The van der Waals surface area contributed by atoms with Gasteiger partial charge >= 0.3 is 0 Å². The molecule has 29 heavy (non-hydrogen) atoms. The minimum Gasteiger partial charge on any atom is -0.393 e. The second kappa shape index (κ2) is 6.36. The number of aliphatic hydroxyl groups excluding tert-OH is 1. The van der Waals surface area contributed by atoms with Gasteiger partial charge in [0.15, 0.2) is 0 Å². The monoisotopic (exact) mass is 398 g/mol. The summed E-state index contributed by atoms with van der Waals surface area (Å²) in [6.07, 6.45) is 16.2. The van der Waals surface area contributed by atoms with Crippen LogP contribution < -0.4 is 0 Å². The Balaban J connectivity index is 1.50. The van der Waals surface area contributed by atoms with Gasteiger partial charge < -0.3 is 5.11 Å². The summed E-state index contributed by atoms with van der Waals surface area (Å²) in [7, 11) is 0. The second-order valence-corrected chi connectivity index (χ2v) is 13.9. The zero-order chi connectivity index (χ0) is 20.8. The second-order valence-electron chi connectivity index (χ2n) is 13.9. The fourth-order valence-electron chi connectivity index (χ4n) is 9.97. The van der Waals surface area contributed by atoms with Crippen LogP contribution >= 0.6 is 0 Å². The third-order valence-electron chi connectivity index (χ3n) is 11.6. The molecule has 0 radical (unpaired) electrons. The summed E-state index contributed by atoms with van der Waals surface area (Å²) < 4.78 is 0. The van der Waals surface area contributed by atoms with Gasteiger partial charge in [0.25, 0.3) is 0 Å². The van der Waals surface area contributed by atoms with Gasteiger partial charge in [-0.3, -0.25) is 0 Å². The molecule has 0 aromatic rings. The molecule has 0 bridgehead atoms. The van der Waals surface area contributed by atoms with Crippen LogP contribution in [0.2, 0.25) is 0 Å². The van der Waals surface area contributed by atoms with E-state index in [4.69, 9.17) is 0 Å². The molecule has 0 aliphatic heterocycles. The fourth-order valence-corrected chi connectivity index (χ4v) is 9.97. The Labute approximate surface area is 180 Å². The van der Waals surface area contributed by atoms with Crippen molar-refractivity contribution in [1.82, 2.24) is 0 Å². The lowest BCUT2D eigenvalue weighted by Crippen LogP contribution is -2.61. The quantitative estimate of drug-likeness (QED) is 0.422. The van der Waals surface area contributed by atoms with Gasteiger partial charge in [0, 0.05) is 0 Å². The van der Waals surface area contributed by atoms with Crippen molar-refractivity contribution in [2.24, 2.45) is 51.2 Å². The van der Waals surface area contributed by atoms with Crippen molar-refractivity contribution < 1.29 is 5.11 Å². The summed E-state index contributed by atoms with van der Waals surface area (Å²) in [5.74, 6) is 4.18. The van der Waals surface area contributed by atoms with E-state index in [0.717, 1.165) is 30.1 Å². The van der Waals surface area contributed by atoms with Crippen LogP contribution in [-0.4, -0.2) is 11.2 Å². The van der Waals surface area contributed by atoms with Crippen molar-refractivity contribution in [3.05, 3.63) is 11.6 Å². The molecule has 5 aliphatic rings. The Bertz CT molecular complexity index is 701. The minimum absolute atomic E-state index is 0.0728. The summed E-state index contributed by atoms with van der Waals surface area (Å²) in [6.45, 7) is 15.1. The van der Waals surface area contributed by atoms with E-state index in [9.17, 15) is 5.11 Å². The molecule has 164 valence electrons. The van der Waals surface area contributed by atoms with Gasteiger partial charge in [0.2, 0.25) is 0 Å². The fraction of sp³-hybridized carbons (Fsp3) is 0.929. The van der Waals surface area contributed by atoms with Crippen molar-refractivity contribution in [3.8, 4) is 0 Å². The Morgan fingerprint density at radius 2 is 1.52 bits per heavy atom. The molecule has 0 saturated heterocycles. The van der Waals surface area contributed by atoms with Crippen LogP contribution in [0, 0.1) is 51.2 Å². The highest BCUT2D eigenvalue weighted by Crippen LogP contribution is 2.70. The van der Waals surface area contributed by atoms with Crippen LogP contribution in [0.3, 0.4) is 0 Å². The number of rotatable bonds is 0. The average Bonchev–Trinajstić information content (AvgIpc) is 2.64. The van der Waals surface area contributed by atoms with Gasteiger partial charge in [-0.1, -0.05) is 53.2 Å². The molecule has 8 atom stereocenters. The van der Waals surface area contributed by atoms with Crippen molar-refractivity contribution >= 4 is 0 Å². The molecule has 5 aliphatic carbocycles. The van der Waals surface area contributed by atoms with E-state index in [2.05, 4.69) is 47.6 Å². The molecule has 5 rings (SSSR count). The van der Waals surface area contributed by atoms with Crippen LogP contribution in [0.4, 0.5) is 0 Å². The molecule has 4 saturated carbocycles. The van der Waals surface area contributed by atoms with E-state index >= 15 is 0 Å². The van der Waals surface area contributed by atoms with Crippen molar-refractivity contribution in [2.75, 3.05) is 0 Å². The maximum Gasteiger partial charge on any atom is 0.0594 e. The largest absolute Gasteiger partial charge is 0.393 e. The van der Waals surface area contributed by atoms with Gasteiger partial charge in [-0.15, -0.1) is 0 Å². The van der Waals surface area contributed by atoms with E-state index < -0.39 is 0 Å². The topological polar surface area (TPSA) is 20.2 Å². The molecule has 0 amide bonds. The van der Waals surface area contributed by atoms with Gasteiger partial charge in [-0.2, -0.15) is 0 Å². The average molecular weight is 399 g/mol. The first kappa shape index (κ1) is 20.6. The molecular formula is C28H46O. The predicted octanol–water partition coefficient (Wildman–Crippen LogP) is 7.39. The normalized spacial score (nSPS) is 53.0. The lowest BCUT2D eigenvalue weighted by molar-refractivity contribution is -0.184. The number of aliphatic hydroxyl groups is 1. The third kappa shape index (κ3) is 2.81. The maximum absolute atomic E-state index is 10.8. The minimum atomic E-state index is -0.112. The lowest BCUT2D eigenvalue weighted by atomic mass is 9.38. The van der Waals surface area contributed by atoms with Crippen LogP contribution in [0.15, 0.2) is 11.6 Å². The first-order valence-electron chi connectivity index (χ1n) is 12.9. The van der Waals surface area contributed by atoms with Gasteiger partial charge in [-0.05, 0) is 115 Å². The first-order valence-corrected chi connectivity index (χ1v) is 12.9. The van der Waals surface area contributed by atoms with Gasteiger partial charge in [0.1, 0.15) is 0 Å². The number of hydrogen-bond acceptors (Lipinski definition) is 1. The maximum atomic E-state index is 10.8. The number of allylic oxidation sites excluding steroid dienone is 2. The molecule has 0 aromatic carbocycles. The molecule has 1 heteroatoms. The predicted molar refractivity (Wildman–Crippen MR) is 121 cm³/mol. The highest BCUT2D eigenvalue weighted by molar-refractivity contribution is 5.27. The lowest BCUT2D eigenvalue weighted by Gasteiger charge is -2.67. The highest BCUT2D eigenvalue weighted by Gasteiger charge is 2.63. The molecule has 1 nitrogen and oxygen atoms in total. The Morgan fingerprint density at radius 3 is 2.28 bits per heavy atom. The van der Waals surface area contributed by atoms with E-state index in [1.165, 1.54) is 57.8 Å². The SMILES string of the molecule is CC1(C)CCC2CCC3C(=CCC4[C@@]3(C)CCC3C(C)(C)[C@@H](O)CC[C@@]34C)C2C1. The first-order chi connectivity index (χ1) is 13.5. The third-order valence-corrected chi connectivity index (χ3v) is 11.6. The van der Waals surface area contributed by atoms with E-state index in [1.54, 1.807) is 0 Å². The van der Waals surface area contributed by atoms with Gasteiger partial charge in [-0.25, -0.2) is 0 Å². The zero-order valence-electron chi connectivity index (χ0n) is 20.1. The summed E-state index contributed by atoms with van der Waals surface area (Å²) >= 11 is 0. The summed E-state index contributed by atoms with van der Waals surface area (Å²) in [5.41, 5.74) is 3.41. The molecule has 1 N–H and O–H groups in total. The Morgan fingerprint density at radius 1 is 0.793 bits per heavy atom. The molecular weight excluding hydrogens is 352 g/mol. The molecule has 0 spiro atoms. The number of fused-ring (bicyclic) bond motifs is 7.